The molecule has 0 aliphatic rings. The quantitative estimate of drug-likeness (QED) is 0.621. The lowest BCUT2D eigenvalue weighted by Gasteiger charge is -2.30. The molecule has 0 saturated carbocycles. The van der Waals surface area contributed by atoms with Crippen LogP contribution in [0, 0.1) is 5.41 Å². The summed E-state index contributed by atoms with van der Waals surface area (Å²) in [6.07, 6.45) is 2.07. The van der Waals surface area contributed by atoms with E-state index >= 15 is 0 Å². The van der Waals surface area contributed by atoms with Crippen LogP contribution in [0.2, 0.25) is 0 Å². The van der Waals surface area contributed by atoms with Crippen LogP contribution in [0.25, 0.3) is 0 Å². The molecule has 0 radical (unpaired) electrons. The Hall–Kier alpha value is -0.300. The molecule has 0 rings (SSSR count). The molecule has 0 saturated heterocycles. The molecule has 2 N–H and O–H groups in total. The van der Waals surface area contributed by atoms with Crippen molar-refractivity contribution in [2.75, 3.05) is 0 Å². The summed E-state index contributed by atoms with van der Waals surface area (Å²) in [6, 6.07) is 0.255. The summed E-state index contributed by atoms with van der Waals surface area (Å²) in [7, 11) is 0. The standard InChI is InChI=1S/C10H21N/c1-6-10(4,5)9(11)7-8(2)3/h9H,2,6-7,11H2,1,3-5H3. The molecule has 0 bridgehead atoms. The summed E-state index contributed by atoms with van der Waals surface area (Å²) in [6.45, 7) is 12.5. The molecule has 11 heavy (non-hydrogen) atoms. The van der Waals surface area contributed by atoms with Gasteiger partial charge in [0, 0.05) is 6.04 Å². The van der Waals surface area contributed by atoms with Crippen molar-refractivity contribution in [1.82, 2.24) is 0 Å². The predicted octanol–water partition coefficient (Wildman–Crippen LogP) is 2.72. The zero-order valence-electron chi connectivity index (χ0n) is 8.28. The van der Waals surface area contributed by atoms with Gasteiger partial charge in [-0.1, -0.05) is 26.3 Å². The highest BCUT2D eigenvalue weighted by Crippen LogP contribution is 2.26. The Labute approximate surface area is 70.7 Å². The molecule has 0 fully saturated rings. The topological polar surface area (TPSA) is 26.0 Å². The van der Waals surface area contributed by atoms with Gasteiger partial charge in [0.1, 0.15) is 0 Å². The van der Waals surface area contributed by atoms with E-state index < -0.39 is 0 Å². The third-order valence-corrected chi connectivity index (χ3v) is 2.48. The Morgan fingerprint density at radius 3 is 2.27 bits per heavy atom. The van der Waals surface area contributed by atoms with Crippen molar-refractivity contribution >= 4 is 0 Å². The minimum absolute atomic E-state index is 0.249. The zero-order valence-corrected chi connectivity index (χ0v) is 8.28. The first kappa shape index (κ1) is 10.7. The van der Waals surface area contributed by atoms with Crippen molar-refractivity contribution in [2.24, 2.45) is 11.1 Å². The van der Waals surface area contributed by atoms with Gasteiger partial charge in [-0.15, -0.1) is 6.58 Å². The van der Waals surface area contributed by atoms with E-state index in [4.69, 9.17) is 5.73 Å². The third-order valence-electron chi connectivity index (χ3n) is 2.48. The van der Waals surface area contributed by atoms with Crippen LogP contribution in [-0.2, 0) is 0 Å². The van der Waals surface area contributed by atoms with Gasteiger partial charge < -0.3 is 5.73 Å². The fourth-order valence-electron chi connectivity index (χ4n) is 0.914. The molecule has 0 aliphatic carbocycles. The molecule has 1 nitrogen and oxygen atoms in total. The summed E-state index contributed by atoms with van der Waals surface area (Å²) in [5.41, 5.74) is 7.43. The van der Waals surface area contributed by atoms with E-state index in [2.05, 4.69) is 27.4 Å². The van der Waals surface area contributed by atoms with Gasteiger partial charge in [0.2, 0.25) is 0 Å². The van der Waals surface area contributed by atoms with Gasteiger partial charge >= 0.3 is 0 Å². The highest BCUT2D eigenvalue weighted by Gasteiger charge is 2.23. The van der Waals surface area contributed by atoms with E-state index in [-0.39, 0.29) is 11.5 Å². The van der Waals surface area contributed by atoms with E-state index in [1.807, 2.05) is 6.92 Å². The second-order valence-corrected chi connectivity index (χ2v) is 4.11. The second-order valence-electron chi connectivity index (χ2n) is 4.11. The number of hydrogen-bond acceptors (Lipinski definition) is 1. The van der Waals surface area contributed by atoms with Crippen molar-refractivity contribution in [2.45, 2.75) is 46.6 Å². The maximum atomic E-state index is 6.00. The lowest BCUT2D eigenvalue weighted by molar-refractivity contribution is 0.272. The minimum Gasteiger partial charge on any atom is -0.327 e. The molecule has 1 heteroatoms. The van der Waals surface area contributed by atoms with E-state index in [0.717, 1.165) is 12.8 Å². The van der Waals surface area contributed by atoms with Crippen LogP contribution in [0.1, 0.15) is 40.5 Å². The molecule has 0 aliphatic heterocycles. The Balaban J connectivity index is 4.01. The van der Waals surface area contributed by atoms with Crippen molar-refractivity contribution in [1.29, 1.82) is 0 Å². The highest BCUT2D eigenvalue weighted by atomic mass is 14.7. The van der Waals surface area contributed by atoms with Crippen LogP contribution in [-0.4, -0.2) is 6.04 Å². The monoisotopic (exact) mass is 155 g/mol. The largest absolute Gasteiger partial charge is 0.327 e. The maximum Gasteiger partial charge on any atom is 0.0127 e. The summed E-state index contributed by atoms with van der Waals surface area (Å²) < 4.78 is 0. The summed E-state index contributed by atoms with van der Waals surface area (Å²) in [5.74, 6) is 0. The predicted molar refractivity (Wildman–Crippen MR) is 51.5 cm³/mol. The molecule has 0 amide bonds. The van der Waals surface area contributed by atoms with Crippen molar-refractivity contribution in [3.63, 3.8) is 0 Å². The van der Waals surface area contributed by atoms with Crippen LogP contribution in [0.15, 0.2) is 12.2 Å². The molecule has 0 spiro atoms. The summed E-state index contributed by atoms with van der Waals surface area (Å²) in [5, 5.41) is 0. The number of rotatable bonds is 4. The normalized spacial score (nSPS) is 14.6. The summed E-state index contributed by atoms with van der Waals surface area (Å²) in [4.78, 5) is 0. The number of nitrogens with two attached hydrogens (primary N) is 1. The fraction of sp³-hybridized carbons (Fsp3) is 0.800. The van der Waals surface area contributed by atoms with Gasteiger partial charge in [0.25, 0.3) is 0 Å². The first-order valence-electron chi connectivity index (χ1n) is 4.30. The lowest BCUT2D eigenvalue weighted by Crippen LogP contribution is -2.36. The summed E-state index contributed by atoms with van der Waals surface area (Å²) >= 11 is 0. The zero-order chi connectivity index (χ0) is 9.07. The first-order valence-corrected chi connectivity index (χ1v) is 4.30. The smallest absolute Gasteiger partial charge is 0.0127 e. The SMILES string of the molecule is C=C(C)CC(N)C(C)(C)CC. The Kier molecular flexibility index (Phi) is 3.81. The van der Waals surface area contributed by atoms with Crippen LogP contribution < -0.4 is 5.73 Å². The van der Waals surface area contributed by atoms with Crippen LogP contribution in [0.3, 0.4) is 0 Å². The van der Waals surface area contributed by atoms with Crippen molar-refractivity contribution in [3.8, 4) is 0 Å². The average Bonchev–Trinajstić information content (AvgIpc) is 1.86. The van der Waals surface area contributed by atoms with Gasteiger partial charge in [-0.3, -0.25) is 0 Å². The molecule has 1 atom stereocenters. The van der Waals surface area contributed by atoms with Crippen LogP contribution in [0.5, 0.6) is 0 Å². The average molecular weight is 155 g/mol. The van der Waals surface area contributed by atoms with Gasteiger partial charge in [0.05, 0.1) is 0 Å². The maximum absolute atomic E-state index is 6.00. The third kappa shape index (κ3) is 3.57. The molecular weight excluding hydrogens is 134 g/mol. The van der Waals surface area contributed by atoms with Crippen LogP contribution >= 0.6 is 0 Å². The van der Waals surface area contributed by atoms with Gasteiger partial charge in [0.15, 0.2) is 0 Å². The van der Waals surface area contributed by atoms with Crippen LogP contribution in [0.4, 0.5) is 0 Å². The fourth-order valence-corrected chi connectivity index (χ4v) is 0.914. The first-order chi connectivity index (χ1) is 4.90. The Morgan fingerprint density at radius 1 is 1.55 bits per heavy atom. The van der Waals surface area contributed by atoms with Gasteiger partial charge in [-0.25, -0.2) is 0 Å². The molecule has 0 aromatic carbocycles. The molecule has 66 valence electrons. The molecule has 1 unspecified atom stereocenters. The highest BCUT2D eigenvalue weighted by molar-refractivity contribution is 4.96. The minimum atomic E-state index is 0.249. The molecule has 0 aromatic heterocycles. The Bertz CT molecular complexity index is 136. The Morgan fingerprint density at radius 2 is 2.00 bits per heavy atom. The van der Waals surface area contributed by atoms with E-state index in [9.17, 15) is 0 Å². The molecule has 0 aromatic rings. The lowest BCUT2D eigenvalue weighted by atomic mass is 9.80. The molecular formula is C10H21N. The second kappa shape index (κ2) is 3.91. The van der Waals surface area contributed by atoms with Gasteiger partial charge in [-0.2, -0.15) is 0 Å². The van der Waals surface area contributed by atoms with Crippen molar-refractivity contribution in [3.05, 3.63) is 12.2 Å². The van der Waals surface area contributed by atoms with Gasteiger partial charge in [-0.05, 0) is 25.2 Å². The van der Waals surface area contributed by atoms with E-state index in [1.54, 1.807) is 0 Å². The van der Waals surface area contributed by atoms with Crippen molar-refractivity contribution < 1.29 is 0 Å². The van der Waals surface area contributed by atoms with E-state index in [1.165, 1.54) is 5.57 Å². The number of hydrogen-bond donors (Lipinski definition) is 1. The molecule has 0 heterocycles. The van der Waals surface area contributed by atoms with E-state index in [0.29, 0.717) is 0 Å².